The van der Waals surface area contributed by atoms with E-state index in [0.717, 1.165) is 37.2 Å². The maximum Gasteiger partial charge on any atom is 0.337 e. The van der Waals surface area contributed by atoms with Crippen molar-refractivity contribution in [3.05, 3.63) is 65.7 Å². The van der Waals surface area contributed by atoms with E-state index < -0.39 is 0 Å². The molecule has 0 radical (unpaired) electrons. The summed E-state index contributed by atoms with van der Waals surface area (Å²) in [5.41, 5.74) is 9.80. The highest BCUT2D eigenvalue weighted by Crippen LogP contribution is 2.38. The quantitative estimate of drug-likeness (QED) is 0.622. The number of carbonyl (C=O) groups excluding carboxylic acids is 1. The average molecular weight is 418 g/mol. The van der Waals surface area contributed by atoms with Crippen LogP contribution in [0.3, 0.4) is 0 Å². The Morgan fingerprint density at radius 2 is 1.90 bits per heavy atom. The topological polar surface area (TPSA) is 102 Å². The van der Waals surface area contributed by atoms with Crippen LogP contribution in [0.2, 0.25) is 0 Å². The molecule has 2 aromatic carbocycles. The standard InChI is InChI=1S/C24H26N4O3/c1-24(17-10-8-16(9-11-17)23(30)31-2)12-5-13-28(15-24)20-14-19(26-27-22(20)25)18-6-3-4-7-21(18)29/h3-4,6-11,14,29H,5,12-13,15H2,1-2H3,(H2,25,27)/t24-/m0/s1. The average Bonchev–Trinajstić information content (AvgIpc) is 2.79. The lowest BCUT2D eigenvalue weighted by Gasteiger charge is -2.42. The lowest BCUT2D eigenvalue weighted by atomic mass is 9.75. The van der Waals surface area contributed by atoms with Gasteiger partial charge >= 0.3 is 5.97 Å². The molecule has 3 aromatic rings. The zero-order valence-electron chi connectivity index (χ0n) is 17.7. The molecule has 0 saturated carbocycles. The number of aromatic hydroxyl groups is 1. The van der Waals surface area contributed by atoms with Crippen LogP contribution < -0.4 is 10.6 Å². The molecule has 0 aliphatic carbocycles. The van der Waals surface area contributed by atoms with Gasteiger partial charge in [-0.3, -0.25) is 0 Å². The minimum atomic E-state index is -0.339. The molecule has 2 heterocycles. The molecule has 7 nitrogen and oxygen atoms in total. The molecule has 7 heteroatoms. The van der Waals surface area contributed by atoms with Crippen LogP contribution in [0.1, 0.15) is 35.7 Å². The van der Waals surface area contributed by atoms with Crippen LogP contribution in [0.25, 0.3) is 11.3 Å². The monoisotopic (exact) mass is 418 g/mol. The first-order chi connectivity index (χ1) is 14.9. The maximum absolute atomic E-state index is 11.8. The van der Waals surface area contributed by atoms with E-state index in [0.29, 0.717) is 22.6 Å². The second-order valence-corrected chi connectivity index (χ2v) is 8.17. The number of hydrogen-bond donors (Lipinski definition) is 2. The number of esters is 1. The fourth-order valence-corrected chi connectivity index (χ4v) is 4.27. The molecule has 1 aliphatic heterocycles. The number of rotatable bonds is 4. The fraction of sp³-hybridized carbons (Fsp3) is 0.292. The minimum Gasteiger partial charge on any atom is -0.507 e. The smallest absolute Gasteiger partial charge is 0.337 e. The first-order valence-electron chi connectivity index (χ1n) is 10.3. The number of phenols is 1. The van der Waals surface area contributed by atoms with Gasteiger partial charge in [0.25, 0.3) is 0 Å². The number of methoxy groups -OCH3 is 1. The van der Waals surface area contributed by atoms with Gasteiger partial charge in [-0.2, -0.15) is 0 Å². The maximum atomic E-state index is 11.8. The zero-order chi connectivity index (χ0) is 22.0. The molecule has 31 heavy (non-hydrogen) atoms. The first kappa shape index (κ1) is 20.7. The van der Waals surface area contributed by atoms with Crippen LogP contribution in [0.5, 0.6) is 5.75 Å². The van der Waals surface area contributed by atoms with Crippen molar-refractivity contribution in [2.24, 2.45) is 0 Å². The number of para-hydroxylation sites is 1. The Kier molecular flexibility index (Phi) is 5.50. The molecular formula is C24H26N4O3. The Labute approximate surface area is 181 Å². The van der Waals surface area contributed by atoms with Crippen LogP contribution in [0.15, 0.2) is 54.6 Å². The van der Waals surface area contributed by atoms with Crippen molar-refractivity contribution < 1.29 is 14.6 Å². The summed E-state index contributed by atoms with van der Waals surface area (Å²) in [6, 6.07) is 16.6. The number of phenolic OH excluding ortho intramolecular Hbond substituents is 1. The third-order valence-electron chi connectivity index (χ3n) is 6.02. The normalized spacial score (nSPS) is 18.6. The van der Waals surface area contributed by atoms with Crippen LogP contribution in [-0.2, 0) is 10.2 Å². The highest BCUT2D eigenvalue weighted by atomic mass is 16.5. The summed E-state index contributed by atoms with van der Waals surface area (Å²) in [5.74, 6) is 0.181. The van der Waals surface area contributed by atoms with Crippen molar-refractivity contribution in [1.82, 2.24) is 10.2 Å². The van der Waals surface area contributed by atoms with Gasteiger partial charge in [0.05, 0.1) is 24.1 Å². The molecular weight excluding hydrogens is 392 g/mol. The van der Waals surface area contributed by atoms with Crippen molar-refractivity contribution in [3.8, 4) is 17.0 Å². The van der Waals surface area contributed by atoms with Gasteiger partial charge in [0.15, 0.2) is 5.82 Å². The van der Waals surface area contributed by atoms with Crippen LogP contribution >= 0.6 is 0 Å². The molecule has 0 bridgehead atoms. The van der Waals surface area contributed by atoms with Gasteiger partial charge in [0, 0.05) is 24.1 Å². The Balaban J connectivity index is 1.63. The van der Waals surface area contributed by atoms with Gasteiger partial charge in [-0.1, -0.05) is 31.2 Å². The largest absolute Gasteiger partial charge is 0.507 e. The van der Waals surface area contributed by atoms with Gasteiger partial charge in [-0.25, -0.2) is 4.79 Å². The number of nitrogens with zero attached hydrogens (tertiary/aromatic N) is 3. The number of benzene rings is 2. The molecule has 1 aromatic heterocycles. The molecule has 4 rings (SSSR count). The predicted octanol–water partition coefficient (Wildman–Crippen LogP) is 3.78. The van der Waals surface area contributed by atoms with E-state index in [1.165, 1.54) is 7.11 Å². The molecule has 0 amide bonds. The second-order valence-electron chi connectivity index (χ2n) is 8.17. The summed E-state index contributed by atoms with van der Waals surface area (Å²) in [5, 5.41) is 18.5. The molecule has 1 saturated heterocycles. The van der Waals surface area contributed by atoms with E-state index in [1.54, 1.807) is 12.1 Å². The number of carbonyl (C=O) groups is 1. The Bertz CT molecular complexity index is 1100. The molecule has 3 N–H and O–H groups in total. The van der Waals surface area contributed by atoms with Gasteiger partial charge in [0.2, 0.25) is 0 Å². The third-order valence-corrected chi connectivity index (χ3v) is 6.02. The van der Waals surface area contributed by atoms with Crippen LogP contribution in [0, 0.1) is 0 Å². The minimum absolute atomic E-state index is 0.113. The summed E-state index contributed by atoms with van der Waals surface area (Å²) in [4.78, 5) is 14.0. The lowest BCUT2D eigenvalue weighted by molar-refractivity contribution is 0.0600. The highest BCUT2D eigenvalue weighted by molar-refractivity contribution is 5.89. The fourth-order valence-electron chi connectivity index (χ4n) is 4.27. The van der Waals surface area contributed by atoms with Crippen LogP contribution in [0.4, 0.5) is 11.5 Å². The summed E-state index contributed by atoms with van der Waals surface area (Å²) >= 11 is 0. The van der Waals surface area contributed by atoms with E-state index >= 15 is 0 Å². The number of aromatic nitrogens is 2. The summed E-state index contributed by atoms with van der Waals surface area (Å²) in [6.07, 6.45) is 2.01. The van der Waals surface area contributed by atoms with Gasteiger partial charge < -0.3 is 20.5 Å². The van der Waals surface area contributed by atoms with Gasteiger partial charge in [-0.05, 0) is 48.7 Å². The van der Waals surface area contributed by atoms with E-state index in [9.17, 15) is 9.90 Å². The van der Waals surface area contributed by atoms with Gasteiger partial charge in [-0.15, -0.1) is 10.2 Å². The van der Waals surface area contributed by atoms with E-state index in [2.05, 4.69) is 22.0 Å². The van der Waals surface area contributed by atoms with Crippen molar-refractivity contribution in [2.45, 2.75) is 25.2 Å². The van der Waals surface area contributed by atoms with Crippen molar-refractivity contribution >= 4 is 17.5 Å². The van der Waals surface area contributed by atoms with Crippen molar-refractivity contribution in [3.63, 3.8) is 0 Å². The SMILES string of the molecule is COC(=O)c1ccc([C@@]2(C)CCCN(c3cc(-c4ccccc4O)nnc3N)C2)cc1. The number of ether oxygens (including phenoxy) is 1. The molecule has 1 fully saturated rings. The van der Waals surface area contributed by atoms with Crippen LogP contribution in [-0.4, -0.2) is 41.5 Å². The Morgan fingerprint density at radius 1 is 1.16 bits per heavy atom. The second kappa shape index (κ2) is 8.26. The lowest BCUT2D eigenvalue weighted by Crippen LogP contribution is -2.44. The number of nitrogens with two attached hydrogens (primary N) is 1. The Hall–Kier alpha value is -3.61. The summed E-state index contributed by atoms with van der Waals surface area (Å²) in [6.45, 7) is 3.83. The van der Waals surface area contributed by atoms with Crippen molar-refractivity contribution in [1.29, 1.82) is 0 Å². The molecule has 0 unspecified atom stereocenters. The van der Waals surface area contributed by atoms with Crippen molar-refractivity contribution in [2.75, 3.05) is 30.8 Å². The van der Waals surface area contributed by atoms with Gasteiger partial charge in [0.1, 0.15) is 5.75 Å². The van der Waals surface area contributed by atoms with E-state index in [-0.39, 0.29) is 17.1 Å². The number of anilines is 2. The zero-order valence-corrected chi connectivity index (χ0v) is 17.7. The molecule has 160 valence electrons. The Morgan fingerprint density at radius 3 is 2.61 bits per heavy atom. The number of piperidine rings is 1. The highest BCUT2D eigenvalue weighted by Gasteiger charge is 2.34. The predicted molar refractivity (Wildman–Crippen MR) is 120 cm³/mol. The third kappa shape index (κ3) is 4.03. The molecule has 0 spiro atoms. The number of hydrogen-bond acceptors (Lipinski definition) is 7. The first-order valence-corrected chi connectivity index (χ1v) is 10.3. The summed E-state index contributed by atoms with van der Waals surface area (Å²) < 4.78 is 4.80. The molecule has 1 aliphatic rings. The number of nitrogen functional groups attached to an aromatic ring is 1. The summed E-state index contributed by atoms with van der Waals surface area (Å²) in [7, 11) is 1.38. The molecule has 1 atom stereocenters. The van der Waals surface area contributed by atoms with E-state index in [4.69, 9.17) is 10.5 Å². The van der Waals surface area contributed by atoms with E-state index in [1.807, 2.05) is 42.5 Å².